The van der Waals surface area contributed by atoms with Crippen LogP contribution in [-0.2, 0) is 29.1 Å². The molecule has 1 unspecified atom stereocenters. The number of benzene rings is 2. The summed E-state index contributed by atoms with van der Waals surface area (Å²) in [7, 11) is -4.51. The summed E-state index contributed by atoms with van der Waals surface area (Å²) in [6, 6.07) is 12.9. The van der Waals surface area contributed by atoms with E-state index < -0.39 is 74.9 Å². The van der Waals surface area contributed by atoms with E-state index in [9.17, 15) is 37.5 Å². The minimum atomic E-state index is -4.51. The van der Waals surface area contributed by atoms with Crippen molar-refractivity contribution >= 4 is 62.2 Å². The van der Waals surface area contributed by atoms with Gasteiger partial charge in [-0.3, -0.25) is 14.4 Å². The molecule has 7 rings (SSSR count). The van der Waals surface area contributed by atoms with Crippen LogP contribution >= 0.6 is 11.3 Å². The number of ether oxygens (including phenoxy) is 2. The lowest BCUT2D eigenvalue weighted by Crippen LogP contribution is -2.60. The van der Waals surface area contributed by atoms with Crippen LogP contribution in [0.1, 0.15) is 69.7 Å². The molecular weight excluding hydrogens is 813 g/mol. The number of sulfonamides is 1. The molecule has 4 amide bonds. The standard InChI is InChI=1S/C42H46N6O10S2/c1-5-25-22-42(25,39(53)47-60(55,56)28-18-16-24(17-19-28)38(51)52)46-35(49)31-21-27(57-36-33(32-15-10-20-59-32)43-29-13-8-9-14-30(29)44-36)23-48(31)37(50)34(41(2,3)4)45-40(54)58-26-11-6-7-12-26/h5,8-10,13-20,25-27,31,34H,1,6-7,11-12,21-23H2,2-4H3,(H,45,54)(H,46,49)(H,47,53)(H,51,52)/t25-,27-,31+,34-,42?/m1/s1. The predicted octanol–water partition coefficient (Wildman–Crippen LogP) is 5.05. The topological polar surface area (TPSA) is 223 Å². The van der Waals surface area contributed by atoms with E-state index in [-0.39, 0.29) is 41.8 Å². The maximum atomic E-state index is 14.7. The van der Waals surface area contributed by atoms with Crippen LogP contribution in [-0.4, -0.2) is 94.6 Å². The number of rotatable bonds is 13. The third-order valence-corrected chi connectivity index (χ3v) is 13.3. The summed E-state index contributed by atoms with van der Waals surface area (Å²) < 4.78 is 40.8. The van der Waals surface area contributed by atoms with Gasteiger partial charge in [-0.05, 0) is 85.4 Å². The minimum Gasteiger partial charge on any atom is -0.478 e. The molecule has 4 N–H and O–H groups in total. The molecule has 2 aromatic heterocycles. The van der Waals surface area contributed by atoms with E-state index in [0.29, 0.717) is 16.7 Å². The molecule has 0 radical (unpaired) electrons. The second-order valence-corrected chi connectivity index (χ2v) is 19.0. The number of aromatic nitrogens is 2. The number of para-hydroxylation sites is 2. The molecule has 3 heterocycles. The van der Waals surface area contributed by atoms with Crippen LogP contribution in [0.4, 0.5) is 4.79 Å². The average molecular weight is 859 g/mol. The lowest BCUT2D eigenvalue weighted by Gasteiger charge is -2.35. The fourth-order valence-corrected chi connectivity index (χ4v) is 9.43. The Kier molecular flexibility index (Phi) is 11.7. The fourth-order valence-electron chi connectivity index (χ4n) is 7.68. The van der Waals surface area contributed by atoms with E-state index in [1.807, 2.05) is 40.4 Å². The number of carbonyl (C=O) groups excluding carboxylic acids is 4. The van der Waals surface area contributed by atoms with Crippen molar-refractivity contribution < 1.29 is 47.0 Å². The van der Waals surface area contributed by atoms with Crippen LogP contribution < -0.4 is 20.1 Å². The summed E-state index contributed by atoms with van der Waals surface area (Å²) in [6.07, 6.45) is 2.84. The number of carboxylic acid groups (broad SMARTS) is 1. The lowest BCUT2D eigenvalue weighted by atomic mass is 9.85. The van der Waals surface area contributed by atoms with Crippen molar-refractivity contribution in [3.05, 3.63) is 84.3 Å². The highest BCUT2D eigenvalue weighted by Crippen LogP contribution is 2.45. The number of aromatic carboxylic acids is 1. The normalized spacial score (nSPS) is 22.1. The number of alkyl carbamates (subject to hydrolysis) is 1. The number of amides is 4. The largest absolute Gasteiger partial charge is 0.478 e. The molecule has 16 nitrogen and oxygen atoms in total. The number of hydrogen-bond acceptors (Lipinski definition) is 12. The van der Waals surface area contributed by atoms with Crippen molar-refractivity contribution in [2.75, 3.05) is 6.54 Å². The van der Waals surface area contributed by atoms with Crippen LogP contribution in [0.5, 0.6) is 5.88 Å². The van der Waals surface area contributed by atoms with Crippen LogP contribution in [0, 0.1) is 11.3 Å². The molecule has 3 aliphatic rings. The number of thiophene rings is 1. The Morgan fingerprint density at radius 2 is 1.67 bits per heavy atom. The van der Waals surface area contributed by atoms with E-state index >= 15 is 0 Å². The summed E-state index contributed by atoms with van der Waals surface area (Å²) in [6.45, 7) is 8.97. The molecule has 60 heavy (non-hydrogen) atoms. The quantitative estimate of drug-likeness (QED) is 0.130. The minimum absolute atomic E-state index is 0.0121. The van der Waals surface area contributed by atoms with Crippen LogP contribution in [0.3, 0.4) is 0 Å². The van der Waals surface area contributed by atoms with Gasteiger partial charge in [0, 0.05) is 12.3 Å². The average Bonchev–Trinajstić information content (AvgIpc) is 3.69. The lowest BCUT2D eigenvalue weighted by molar-refractivity contribution is -0.143. The van der Waals surface area contributed by atoms with Crippen LogP contribution in [0.15, 0.2) is 83.6 Å². The summed E-state index contributed by atoms with van der Waals surface area (Å²) in [5.74, 6) is -4.14. The zero-order valence-electron chi connectivity index (χ0n) is 33.3. The van der Waals surface area contributed by atoms with Gasteiger partial charge in [-0.15, -0.1) is 17.9 Å². The number of fused-ring (bicyclic) bond motifs is 1. The van der Waals surface area contributed by atoms with Gasteiger partial charge >= 0.3 is 12.1 Å². The van der Waals surface area contributed by atoms with Gasteiger partial charge in [0.15, 0.2) is 0 Å². The van der Waals surface area contributed by atoms with E-state index in [0.717, 1.165) is 54.8 Å². The molecule has 0 spiro atoms. The highest BCUT2D eigenvalue weighted by Gasteiger charge is 2.61. The maximum Gasteiger partial charge on any atom is 0.408 e. The van der Waals surface area contributed by atoms with E-state index in [1.165, 1.54) is 22.3 Å². The SMILES string of the molecule is C=C[C@@H]1CC1(NC(=O)[C@@H]1C[C@@H](Oc2nc3ccccc3nc2-c2cccs2)CN1C(=O)[C@@H](NC(=O)OC1CCCC1)C(C)(C)C)C(=O)NS(=O)(=O)c1ccc(C(=O)O)cc1. The van der Waals surface area contributed by atoms with Crippen molar-refractivity contribution in [2.24, 2.45) is 11.3 Å². The van der Waals surface area contributed by atoms with Crippen molar-refractivity contribution in [3.8, 4) is 16.5 Å². The zero-order valence-corrected chi connectivity index (χ0v) is 34.9. The molecular formula is C42H46N6O10S2. The number of nitrogens with one attached hydrogen (secondary N) is 3. The Bertz CT molecular complexity index is 2430. The van der Waals surface area contributed by atoms with Gasteiger partial charge in [0.25, 0.3) is 15.9 Å². The Hall–Kier alpha value is -5.88. The first kappa shape index (κ1) is 42.3. The molecule has 18 heteroatoms. The molecule has 0 bridgehead atoms. The summed E-state index contributed by atoms with van der Waals surface area (Å²) in [5.41, 5.74) is -1.08. The highest BCUT2D eigenvalue weighted by molar-refractivity contribution is 7.90. The zero-order chi connectivity index (χ0) is 43.0. The third kappa shape index (κ3) is 8.84. The number of likely N-dealkylation sites (tertiary alicyclic amines) is 1. The van der Waals surface area contributed by atoms with Gasteiger partial charge < -0.3 is 30.1 Å². The van der Waals surface area contributed by atoms with Gasteiger partial charge in [-0.2, -0.15) is 0 Å². The smallest absolute Gasteiger partial charge is 0.408 e. The van der Waals surface area contributed by atoms with Crippen LogP contribution in [0.25, 0.3) is 21.6 Å². The van der Waals surface area contributed by atoms with Gasteiger partial charge in [-0.1, -0.05) is 45.0 Å². The Morgan fingerprint density at radius 1 is 0.983 bits per heavy atom. The van der Waals surface area contributed by atoms with E-state index in [4.69, 9.17) is 19.4 Å². The number of hydrogen-bond donors (Lipinski definition) is 4. The predicted molar refractivity (Wildman–Crippen MR) is 220 cm³/mol. The molecule has 2 aromatic carbocycles. The molecule has 316 valence electrons. The van der Waals surface area contributed by atoms with Gasteiger partial charge in [-0.25, -0.2) is 32.7 Å². The van der Waals surface area contributed by atoms with Crippen molar-refractivity contribution in [1.29, 1.82) is 0 Å². The summed E-state index contributed by atoms with van der Waals surface area (Å²) in [5, 5.41) is 16.6. The highest BCUT2D eigenvalue weighted by atomic mass is 32.2. The number of carboxylic acids is 1. The third-order valence-electron chi connectivity index (χ3n) is 11.1. The second-order valence-electron chi connectivity index (χ2n) is 16.4. The summed E-state index contributed by atoms with van der Waals surface area (Å²) in [4.78, 5) is 79.0. The van der Waals surface area contributed by atoms with Gasteiger partial charge in [0.05, 0.1) is 32.9 Å². The van der Waals surface area contributed by atoms with Crippen molar-refractivity contribution in [1.82, 2.24) is 30.2 Å². The van der Waals surface area contributed by atoms with Crippen molar-refractivity contribution in [2.45, 2.75) is 94.0 Å². The Labute approximate surface area is 350 Å². The van der Waals surface area contributed by atoms with E-state index in [2.05, 4.69) is 17.2 Å². The first-order valence-electron chi connectivity index (χ1n) is 19.6. The second kappa shape index (κ2) is 16.6. The molecule has 1 saturated heterocycles. The summed E-state index contributed by atoms with van der Waals surface area (Å²) >= 11 is 1.44. The molecule has 1 aliphatic heterocycles. The first-order valence-corrected chi connectivity index (χ1v) is 22.0. The van der Waals surface area contributed by atoms with Gasteiger partial charge in [0.2, 0.25) is 17.7 Å². The Balaban J connectivity index is 1.18. The fraction of sp³-hybridized carbons (Fsp3) is 0.405. The maximum absolute atomic E-state index is 14.7. The molecule has 3 fully saturated rings. The number of carbonyl (C=O) groups is 5. The first-order chi connectivity index (χ1) is 28.5. The Morgan fingerprint density at radius 3 is 2.27 bits per heavy atom. The van der Waals surface area contributed by atoms with Crippen LogP contribution in [0.2, 0.25) is 0 Å². The monoisotopic (exact) mass is 858 g/mol. The molecule has 4 aromatic rings. The molecule has 2 aliphatic carbocycles. The van der Waals surface area contributed by atoms with Crippen molar-refractivity contribution in [3.63, 3.8) is 0 Å². The van der Waals surface area contributed by atoms with Gasteiger partial charge in [0.1, 0.15) is 35.5 Å². The number of nitrogens with zero attached hydrogens (tertiary/aromatic N) is 3. The molecule has 5 atom stereocenters. The van der Waals surface area contributed by atoms with E-state index in [1.54, 1.807) is 26.8 Å². The molecule has 2 saturated carbocycles.